The highest BCUT2D eigenvalue weighted by molar-refractivity contribution is 5.42. The third-order valence-corrected chi connectivity index (χ3v) is 4.42. The van der Waals surface area contributed by atoms with Crippen LogP contribution in [-0.2, 0) is 4.74 Å². The van der Waals surface area contributed by atoms with Crippen LogP contribution in [0.4, 0.5) is 17.8 Å². The molecule has 21 heavy (non-hydrogen) atoms. The van der Waals surface area contributed by atoms with Crippen molar-refractivity contribution in [3.8, 4) is 0 Å². The van der Waals surface area contributed by atoms with Crippen molar-refractivity contribution >= 4 is 17.8 Å². The van der Waals surface area contributed by atoms with E-state index in [1.54, 1.807) is 0 Å². The molecule has 1 aliphatic heterocycles. The van der Waals surface area contributed by atoms with Gasteiger partial charge in [0.25, 0.3) is 0 Å². The summed E-state index contributed by atoms with van der Waals surface area (Å²) in [5.41, 5.74) is 6.17. The molecule has 1 aromatic heterocycles. The fraction of sp³-hybridized carbons (Fsp3) is 0.786. The molecule has 1 saturated carbocycles. The second kappa shape index (κ2) is 6.01. The Bertz CT molecular complexity index is 482. The van der Waals surface area contributed by atoms with Crippen molar-refractivity contribution in [2.75, 3.05) is 48.8 Å². The van der Waals surface area contributed by atoms with E-state index in [0.717, 1.165) is 19.6 Å². The molecule has 116 valence electrons. The summed E-state index contributed by atoms with van der Waals surface area (Å²) in [5, 5.41) is 3.35. The minimum absolute atomic E-state index is 0.269. The zero-order valence-corrected chi connectivity index (χ0v) is 12.6. The van der Waals surface area contributed by atoms with Gasteiger partial charge in [0.1, 0.15) is 0 Å². The molecule has 0 atom stereocenters. The first kappa shape index (κ1) is 14.3. The smallest absolute Gasteiger partial charge is 0.232 e. The van der Waals surface area contributed by atoms with Gasteiger partial charge in [-0.25, -0.2) is 0 Å². The van der Waals surface area contributed by atoms with Gasteiger partial charge >= 0.3 is 0 Å². The highest BCUT2D eigenvalue weighted by Crippen LogP contribution is 2.37. The lowest BCUT2D eigenvalue weighted by atomic mass is 9.89. The molecule has 0 amide bonds. The van der Waals surface area contributed by atoms with Gasteiger partial charge in [-0.15, -0.1) is 0 Å². The molecular formula is C14H24N6O. The average molecular weight is 292 g/mol. The van der Waals surface area contributed by atoms with E-state index in [-0.39, 0.29) is 5.95 Å². The molecule has 2 aliphatic rings. The number of rotatable bonds is 4. The number of anilines is 3. The number of nitrogens with two attached hydrogens (primary N) is 1. The topological polar surface area (TPSA) is 89.2 Å². The van der Waals surface area contributed by atoms with Crippen molar-refractivity contribution < 1.29 is 4.74 Å². The van der Waals surface area contributed by atoms with Crippen molar-refractivity contribution in [3.05, 3.63) is 0 Å². The fourth-order valence-electron chi connectivity index (χ4n) is 3.06. The van der Waals surface area contributed by atoms with E-state index in [2.05, 4.69) is 32.1 Å². The van der Waals surface area contributed by atoms with Gasteiger partial charge in [0.05, 0.1) is 13.2 Å². The Labute approximate surface area is 125 Å². The van der Waals surface area contributed by atoms with Gasteiger partial charge in [-0.1, -0.05) is 19.8 Å². The Kier molecular flexibility index (Phi) is 4.10. The van der Waals surface area contributed by atoms with Crippen molar-refractivity contribution in [1.82, 2.24) is 15.0 Å². The minimum atomic E-state index is 0.269. The monoisotopic (exact) mass is 292 g/mol. The largest absolute Gasteiger partial charge is 0.378 e. The molecule has 0 unspecified atom stereocenters. The predicted molar refractivity (Wildman–Crippen MR) is 82.3 cm³/mol. The summed E-state index contributed by atoms with van der Waals surface area (Å²) < 4.78 is 5.35. The van der Waals surface area contributed by atoms with Gasteiger partial charge in [0.15, 0.2) is 0 Å². The van der Waals surface area contributed by atoms with Crippen LogP contribution < -0.4 is 16.0 Å². The minimum Gasteiger partial charge on any atom is -0.378 e. The van der Waals surface area contributed by atoms with Crippen molar-refractivity contribution in [2.45, 2.75) is 32.6 Å². The van der Waals surface area contributed by atoms with E-state index in [4.69, 9.17) is 10.5 Å². The maximum Gasteiger partial charge on any atom is 0.232 e. The summed E-state index contributed by atoms with van der Waals surface area (Å²) in [5.74, 6) is 1.49. The predicted octanol–water partition coefficient (Wildman–Crippen LogP) is 1.28. The molecule has 0 radical (unpaired) electrons. The third-order valence-electron chi connectivity index (χ3n) is 4.42. The molecule has 1 aliphatic carbocycles. The normalized spacial score (nSPS) is 21.5. The van der Waals surface area contributed by atoms with E-state index >= 15 is 0 Å². The molecule has 3 N–H and O–H groups in total. The molecule has 0 bridgehead atoms. The van der Waals surface area contributed by atoms with E-state index in [1.807, 2.05) is 0 Å². The first-order chi connectivity index (χ1) is 10.1. The molecule has 0 aromatic carbocycles. The van der Waals surface area contributed by atoms with Crippen LogP contribution in [0.2, 0.25) is 0 Å². The number of ether oxygens (including phenoxy) is 1. The summed E-state index contributed by atoms with van der Waals surface area (Å²) in [6.07, 6.45) is 5.15. The number of nitrogen functional groups attached to an aromatic ring is 1. The Hall–Kier alpha value is -1.63. The maximum atomic E-state index is 5.82. The lowest BCUT2D eigenvalue weighted by Gasteiger charge is -2.27. The summed E-state index contributed by atoms with van der Waals surface area (Å²) in [7, 11) is 0. The van der Waals surface area contributed by atoms with Crippen molar-refractivity contribution in [2.24, 2.45) is 5.41 Å². The van der Waals surface area contributed by atoms with Gasteiger partial charge in [0.2, 0.25) is 17.8 Å². The first-order valence-electron chi connectivity index (χ1n) is 7.73. The van der Waals surface area contributed by atoms with Crippen LogP contribution in [0, 0.1) is 5.41 Å². The average Bonchev–Trinajstić information content (AvgIpc) is 2.93. The number of morpholine rings is 1. The molecule has 2 heterocycles. The number of hydrogen-bond donors (Lipinski definition) is 2. The van der Waals surface area contributed by atoms with Crippen molar-refractivity contribution in [1.29, 1.82) is 0 Å². The van der Waals surface area contributed by atoms with E-state index in [9.17, 15) is 0 Å². The number of aromatic nitrogens is 3. The molecule has 1 aromatic rings. The van der Waals surface area contributed by atoms with Crippen LogP contribution in [0.5, 0.6) is 0 Å². The lowest BCUT2D eigenvalue weighted by molar-refractivity contribution is 0.122. The molecule has 2 fully saturated rings. The van der Waals surface area contributed by atoms with E-state index < -0.39 is 0 Å². The van der Waals surface area contributed by atoms with Gasteiger partial charge in [0, 0.05) is 19.6 Å². The quantitative estimate of drug-likeness (QED) is 0.864. The van der Waals surface area contributed by atoms with Crippen molar-refractivity contribution in [3.63, 3.8) is 0 Å². The van der Waals surface area contributed by atoms with Crippen LogP contribution in [-0.4, -0.2) is 47.8 Å². The van der Waals surface area contributed by atoms with Crippen LogP contribution in [0.15, 0.2) is 0 Å². The number of nitrogens with zero attached hydrogens (tertiary/aromatic N) is 4. The molecule has 3 rings (SSSR count). The third kappa shape index (κ3) is 3.53. The SMILES string of the molecule is CC1(CNc2nc(N)nc(N3CCOCC3)n2)CCCC1. The molecule has 0 spiro atoms. The Morgan fingerprint density at radius 1 is 1.19 bits per heavy atom. The molecule has 7 heteroatoms. The van der Waals surface area contributed by atoms with Gasteiger partial charge in [-0.3, -0.25) is 0 Å². The summed E-state index contributed by atoms with van der Waals surface area (Å²) in [6.45, 7) is 6.19. The maximum absolute atomic E-state index is 5.82. The van der Waals surface area contributed by atoms with Crippen LogP contribution >= 0.6 is 0 Å². The fourth-order valence-corrected chi connectivity index (χ4v) is 3.06. The Morgan fingerprint density at radius 2 is 1.90 bits per heavy atom. The number of hydrogen-bond acceptors (Lipinski definition) is 7. The summed E-state index contributed by atoms with van der Waals surface area (Å²) in [6, 6.07) is 0. The second-order valence-corrected chi connectivity index (χ2v) is 6.29. The van der Waals surface area contributed by atoms with Crippen LogP contribution in [0.25, 0.3) is 0 Å². The molecule has 7 nitrogen and oxygen atoms in total. The lowest BCUT2D eigenvalue weighted by Crippen LogP contribution is -2.37. The zero-order chi connectivity index (χ0) is 14.7. The second-order valence-electron chi connectivity index (χ2n) is 6.29. The van der Waals surface area contributed by atoms with Crippen LogP contribution in [0.3, 0.4) is 0 Å². The van der Waals surface area contributed by atoms with Gasteiger partial charge < -0.3 is 20.7 Å². The Morgan fingerprint density at radius 3 is 2.62 bits per heavy atom. The van der Waals surface area contributed by atoms with E-state index in [1.165, 1.54) is 25.7 Å². The van der Waals surface area contributed by atoms with Gasteiger partial charge in [-0.2, -0.15) is 15.0 Å². The highest BCUT2D eigenvalue weighted by atomic mass is 16.5. The summed E-state index contributed by atoms with van der Waals surface area (Å²) in [4.78, 5) is 15.0. The molecular weight excluding hydrogens is 268 g/mol. The van der Waals surface area contributed by atoms with E-state index in [0.29, 0.717) is 30.5 Å². The standard InChI is InChI=1S/C14H24N6O/c1-14(4-2-3-5-14)10-16-12-17-11(15)18-13(19-12)20-6-8-21-9-7-20/h2-10H2,1H3,(H3,15,16,17,18,19). The zero-order valence-electron chi connectivity index (χ0n) is 12.6. The van der Waals surface area contributed by atoms with Crippen LogP contribution in [0.1, 0.15) is 32.6 Å². The van der Waals surface area contributed by atoms with Gasteiger partial charge in [-0.05, 0) is 18.3 Å². The number of nitrogens with one attached hydrogen (secondary N) is 1. The molecule has 1 saturated heterocycles. The summed E-state index contributed by atoms with van der Waals surface area (Å²) >= 11 is 0. The first-order valence-corrected chi connectivity index (χ1v) is 7.73. The highest BCUT2D eigenvalue weighted by Gasteiger charge is 2.28. The Balaban J connectivity index is 1.68.